The zero-order valence-electron chi connectivity index (χ0n) is 19.8. The van der Waals surface area contributed by atoms with Crippen LogP contribution in [-0.2, 0) is 22.3 Å². The first-order valence-corrected chi connectivity index (χ1v) is 10.9. The summed E-state index contributed by atoms with van der Waals surface area (Å²) in [5, 5.41) is 9.53. The van der Waals surface area contributed by atoms with Gasteiger partial charge in [0, 0.05) is 12.6 Å². The Balaban J connectivity index is 1.91. The van der Waals surface area contributed by atoms with Crippen LogP contribution in [0.5, 0.6) is 0 Å². The Labute approximate surface area is 204 Å². The maximum atomic E-state index is 14.2. The number of amides is 2. The summed E-state index contributed by atoms with van der Waals surface area (Å²) in [7, 11) is 0. The molecule has 1 aromatic heterocycles. The van der Waals surface area contributed by atoms with Crippen LogP contribution < -0.4 is 0 Å². The van der Waals surface area contributed by atoms with Gasteiger partial charge in [0.05, 0.1) is 29.9 Å². The van der Waals surface area contributed by atoms with E-state index in [1.54, 1.807) is 20.8 Å². The summed E-state index contributed by atoms with van der Waals surface area (Å²) in [6.07, 6.45) is -6.41. The van der Waals surface area contributed by atoms with E-state index in [1.807, 2.05) is 0 Å². The van der Waals surface area contributed by atoms with Gasteiger partial charge < -0.3 is 14.7 Å². The molecule has 1 aliphatic heterocycles. The van der Waals surface area contributed by atoms with Crippen LogP contribution in [0.2, 0.25) is 0 Å². The van der Waals surface area contributed by atoms with Crippen LogP contribution in [0.4, 0.5) is 22.4 Å². The number of carboxylic acid groups (broad SMARTS) is 1. The number of aromatic carboxylic acids is 1. The highest BCUT2D eigenvalue weighted by molar-refractivity contribution is 5.95. The van der Waals surface area contributed by atoms with Crippen molar-refractivity contribution >= 4 is 18.5 Å². The van der Waals surface area contributed by atoms with Crippen molar-refractivity contribution in [3.05, 3.63) is 53.3 Å². The Morgan fingerprint density at radius 1 is 1.22 bits per heavy atom. The quantitative estimate of drug-likeness (QED) is 0.445. The van der Waals surface area contributed by atoms with Crippen molar-refractivity contribution in [2.24, 2.45) is 0 Å². The third-order valence-electron chi connectivity index (χ3n) is 5.43. The van der Waals surface area contributed by atoms with Crippen LogP contribution in [0.3, 0.4) is 0 Å². The normalized spacial score (nSPS) is 18.1. The van der Waals surface area contributed by atoms with Crippen molar-refractivity contribution in [3.8, 4) is 11.1 Å². The maximum Gasteiger partial charge on any atom is 0.416 e. The van der Waals surface area contributed by atoms with E-state index < -0.39 is 41.7 Å². The van der Waals surface area contributed by atoms with Gasteiger partial charge in [-0.2, -0.15) is 13.2 Å². The fourth-order valence-electron chi connectivity index (χ4n) is 3.83. The Hall–Kier alpha value is -3.70. The fourth-order valence-corrected chi connectivity index (χ4v) is 3.83. The van der Waals surface area contributed by atoms with E-state index in [0.717, 1.165) is 40.3 Å². The molecule has 1 N–H and O–H groups in total. The van der Waals surface area contributed by atoms with Gasteiger partial charge >= 0.3 is 18.2 Å². The third-order valence-corrected chi connectivity index (χ3v) is 5.43. The molecule has 1 fully saturated rings. The molecule has 36 heavy (non-hydrogen) atoms. The second kappa shape index (κ2) is 10.1. The minimum Gasteiger partial charge on any atom is -0.478 e. The smallest absolute Gasteiger partial charge is 0.416 e. The van der Waals surface area contributed by atoms with Crippen LogP contribution in [0.15, 0.2) is 36.5 Å². The second-order valence-electron chi connectivity index (χ2n) is 9.33. The summed E-state index contributed by atoms with van der Waals surface area (Å²) in [4.78, 5) is 42.5. The highest BCUT2D eigenvalue weighted by Crippen LogP contribution is 2.32. The highest BCUT2D eigenvalue weighted by Gasteiger charge is 2.41. The van der Waals surface area contributed by atoms with Gasteiger partial charge in [0.15, 0.2) is 0 Å². The van der Waals surface area contributed by atoms with Crippen LogP contribution in [0.25, 0.3) is 11.1 Å². The van der Waals surface area contributed by atoms with E-state index in [1.165, 1.54) is 6.07 Å². The Bertz CT molecular complexity index is 1130. The lowest BCUT2D eigenvalue weighted by Gasteiger charge is -2.33. The van der Waals surface area contributed by atoms with Crippen molar-refractivity contribution in [2.75, 3.05) is 6.54 Å². The largest absolute Gasteiger partial charge is 0.478 e. The summed E-state index contributed by atoms with van der Waals surface area (Å²) in [5.74, 6) is -1.34. The number of likely N-dealkylation sites (tertiary alicyclic amines) is 1. The van der Waals surface area contributed by atoms with Crippen molar-refractivity contribution < 1.29 is 41.8 Å². The lowest BCUT2D eigenvalue weighted by Crippen LogP contribution is -2.48. The zero-order chi connectivity index (χ0) is 26.8. The Morgan fingerprint density at radius 3 is 2.39 bits per heavy atom. The standard InChI is InChI=1S/C24H25F4N3O5/c1-23(2,3)36-22(35)31-11-16(25)8-20(31)30(13-32)12-17-9-18(19(10-29-17)21(33)34)14-4-6-15(7-5-14)24(26,27)28/h4-7,9-10,13,16,20H,8,11-12H2,1-3H3,(H,33,34). The maximum absolute atomic E-state index is 14.2. The molecule has 2 atom stereocenters. The van der Waals surface area contributed by atoms with Crippen molar-refractivity contribution in [2.45, 2.75) is 57.9 Å². The van der Waals surface area contributed by atoms with Crippen LogP contribution >= 0.6 is 0 Å². The molecule has 0 aliphatic carbocycles. The van der Waals surface area contributed by atoms with Gasteiger partial charge in [0.1, 0.15) is 17.9 Å². The van der Waals surface area contributed by atoms with Gasteiger partial charge in [-0.1, -0.05) is 12.1 Å². The van der Waals surface area contributed by atoms with Gasteiger partial charge in [-0.15, -0.1) is 0 Å². The molecular weight excluding hydrogens is 486 g/mol. The first kappa shape index (κ1) is 26.9. The number of halogens is 4. The molecule has 194 valence electrons. The molecule has 0 bridgehead atoms. The predicted octanol–water partition coefficient (Wildman–Crippen LogP) is 4.73. The number of carbonyl (C=O) groups is 3. The molecule has 8 nitrogen and oxygen atoms in total. The second-order valence-corrected chi connectivity index (χ2v) is 9.33. The van der Waals surface area contributed by atoms with E-state index in [-0.39, 0.29) is 41.9 Å². The first-order valence-electron chi connectivity index (χ1n) is 10.9. The number of hydrogen-bond donors (Lipinski definition) is 1. The minimum absolute atomic E-state index is 0.0888. The number of carboxylic acids is 1. The molecule has 2 aromatic rings. The van der Waals surface area contributed by atoms with Gasteiger partial charge in [0.25, 0.3) is 0 Å². The summed E-state index contributed by atoms with van der Waals surface area (Å²) < 4.78 is 58.3. The Morgan fingerprint density at radius 2 is 1.86 bits per heavy atom. The summed E-state index contributed by atoms with van der Waals surface area (Å²) in [6.45, 7) is 4.46. The van der Waals surface area contributed by atoms with Crippen LogP contribution in [0.1, 0.15) is 48.8 Å². The van der Waals surface area contributed by atoms with E-state index >= 15 is 0 Å². The lowest BCUT2D eigenvalue weighted by atomic mass is 9.99. The fraction of sp³-hybridized carbons (Fsp3) is 0.417. The molecular formula is C24H25F4N3O5. The Kier molecular flexibility index (Phi) is 7.56. The molecule has 2 amide bonds. The topological polar surface area (TPSA) is 100 Å². The molecule has 2 unspecified atom stereocenters. The highest BCUT2D eigenvalue weighted by atomic mass is 19.4. The number of rotatable bonds is 6. The number of pyridine rings is 1. The number of nitrogens with zero attached hydrogens (tertiary/aromatic N) is 3. The number of carbonyl (C=O) groups excluding carboxylic acids is 2. The van der Waals surface area contributed by atoms with Gasteiger partial charge in [-0.25, -0.2) is 14.0 Å². The summed E-state index contributed by atoms with van der Waals surface area (Å²) in [6, 6.07) is 5.28. The first-order chi connectivity index (χ1) is 16.7. The van der Waals surface area contributed by atoms with E-state index in [4.69, 9.17) is 4.74 Å². The lowest BCUT2D eigenvalue weighted by molar-refractivity contribution is -0.137. The molecule has 1 saturated heterocycles. The van der Waals surface area contributed by atoms with Crippen molar-refractivity contribution in [3.63, 3.8) is 0 Å². The third kappa shape index (κ3) is 6.29. The van der Waals surface area contributed by atoms with E-state index in [9.17, 15) is 37.1 Å². The minimum atomic E-state index is -4.56. The zero-order valence-corrected chi connectivity index (χ0v) is 19.8. The molecule has 12 heteroatoms. The number of ether oxygens (including phenoxy) is 1. The molecule has 0 saturated carbocycles. The molecule has 2 heterocycles. The average Bonchev–Trinajstić information content (AvgIpc) is 3.17. The predicted molar refractivity (Wildman–Crippen MR) is 119 cm³/mol. The van der Waals surface area contributed by atoms with Crippen molar-refractivity contribution in [1.82, 2.24) is 14.8 Å². The van der Waals surface area contributed by atoms with Crippen molar-refractivity contribution in [1.29, 1.82) is 0 Å². The van der Waals surface area contributed by atoms with Crippen LogP contribution in [-0.4, -0.2) is 62.8 Å². The average molecular weight is 511 g/mol. The number of hydrogen-bond acceptors (Lipinski definition) is 5. The van der Waals surface area contributed by atoms with Gasteiger partial charge in [-0.3, -0.25) is 14.7 Å². The summed E-state index contributed by atoms with van der Waals surface area (Å²) >= 11 is 0. The molecule has 1 aromatic carbocycles. The summed E-state index contributed by atoms with van der Waals surface area (Å²) in [5.41, 5.74) is -1.52. The van der Waals surface area contributed by atoms with E-state index in [0.29, 0.717) is 6.41 Å². The molecule has 3 rings (SSSR count). The van der Waals surface area contributed by atoms with Crippen LogP contribution in [0, 0.1) is 0 Å². The van der Waals surface area contributed by atoms with Gasteiger partial charge in [-0.05, 0) is 50.1 Å². The number of aromatic nitrogens is 1. The SMILES string of the molecule is CC(C)(C)OC(=O)N1CC(F)CC1N(C=O)Cc1cc(-c2ccc(C(F)(F)F)cc2)c(C(=O)O)cn1. The number of benzene rings is 1. The van der Waals surface area contributed by atoms with E-state index in [2.05, 4.69) is 4.98 Å². The molecule has 0 radical (unpaired) electrons. The molecule has 1 aliphatic rings. The number of alkyl halides is 4. The van der Waals surface area contributed by atoms with Gasteiger partial charge in [0.2, 0.25) is 6.41 Å². The monoisotopic (exact) mass is 511 g/mol. The molecule has 0 spiro atoms.